The lowest BCUT2D eigenvalue weighted by molar-refractivity contribution is -0.127. The molecule has 0 bridgehead atoms. The van der Waals surface area contributed by atoms with Crippen LogP contribution in [0.3, 0.4) is 0 Å². The average molecular weight is 426 g/mol. The Balaban J connectivity index is 1.58. The van der Waals surface area contributed by atoms with Crippen LogP contribution in [-0.2, 0) is 11.3 Å². The summed E-state index contributed by atoms with van der Waals surface area (Å²) < 4.78 is 13.1. The molecule has 0 unspecified atom stereocenters. The number of nitrogens with zero attached hydrogens (tertiary/aromatic N) is 1. The standard InChI is InChI=1S/C25H32FN3O2/c1-17-5-10-22(27-23(30)18-6-8-21(26)9-7-18)15-20(17)16-29-13-11-19(12-14-29)24(31)28-25(2,3)4/h5-10,15,19H,11-14,16H2,1-4H3,(H,27,30)(H,28,31). The average Bonchev–Trinajstić information content (AvgIpc) is 2.70. The van der Waals surface area contributed by atoms with Crippen LogP contribution >= 0.6 is 0 Å². The first-order valence-electron chi connectivity index (χ1n) is 10.8. The molecule has 1 heterocycles. The van der Waals surface area contributed by atoms with Crippen molar-refractivity contribution in [1.82, 2.24) is 10.2 Å². The largest absolute Gasteiger partial charge is 0.351 e. The molecule has 0 radical (unpaired) electrons. The van der Waals surface area contributed by atoms with E-state index >= 15 is 0 Å². The van der Waals surface area contributed by atoms with Gasteiger partial charge in [0.2, 0.25) is 5.91 Å². The second kappa shape index (κ2) is 9.60. The molecule has 1 fully saturated rings. The molecule has 1 aliphatic heterocycles. The lowest BCUT2D eigenvalue weighted by Gasteiger charge is -2.33. The lowest BCUT2D eigenvalue weighted by Crippen LogP contribution is -2.46. The topological polar surface area (TPSA) is 61.4 Å². The Labute approximate surface area is 184 Å². The number of piperidine rings is 1. The number of carbonyl (C=O) groups excluding carboxylic acids is 2. The van der Waals surface area contributed by atoms with Crippen molar-refractivity contribution in [3.05, 3.63) is 65.0 Å². The molecule has 0 saturated carbocycles. The third-order valence-electron chi connectivity index (χ3n) is 5.56. The summed E-state index contributed by atoms with van der Waals surface area (Å²) in [7, 11) is 0. The minimum atomic E-state index is -0.367. The molecule has 2 amide bonds. The summed E-state index contributed by atoms with van der Waals surface area (Å²) in [6.07, 6.45) is 1.70. The molecule has 1 saturated heterocycles. The van der Waals surface area contributed by atoms with Gasteiger partial charge < -0.3 is 10.6 Å². The molecular weight excluding hydrogens is 393 g/mol. The highest BCUT2D eigenvalue weighted by atomic mass is 19.1. The Morgan fingerprint density at radius 1 is 1.06 bits per heavy atom. The molecule has 2 aromatic rings. The van der Waals surface area contributed by atoms with E-state index in [2.05, 4.69) is 22.5 Å². The highest BCUT2D eigenvalue weighted by Crippen LogP contribution is 2.23. The van der Waals surface area contributed by atoms with E-state index in [-0.39, 0.29) is 29.1 Å². The van der Waals surface area contributed by atoms with Gasteiger partial charge in [-0.25, -0.2) is 4.39 Å². The van der Waals surface area contributed by atoms with E-state index in [1.807, 2.05) is 39.0 Å². The minimum absolute atomic E-state index is 0.0675. The molecule has 1 aliphatic rings. The van der Waals surface area contributed by atoms with Gasteiger partial charge in [0.25, 0.3) is 5.91 Å². The van der Waals surface area contributed by atoms with E-state index in [1.165, 1.54) is 24.3 Å². The third kappa shape index (κ3) is 6.62. The molecule has 166 valence electrons. The molecule has 2 aromatic carbocycles. The van der Waals surface area contributed by atoms with Crippen LogP contribution in [0.15, 0.2) is 42.5 Å². The molecule has 3 rings (SSSR count). The van der Waals surface area contributed by atoms with Crippen LogP contribution in [0.25, 0.3) is 0 Å². The maximum Gasteiger partial charge on any atom is 0.255 e. The van der Waals surface area contributed by atoms with Gasteiger partial charge in [0, 0.05) is 29.3 Å². The van der Waals surface area contributed by atoms with Gasteiger partial charge in [0.15, 0.2) is 0 Å². The number of benzene rings is 2. The zero-order valence-electron chi connectivity index (χ0n) is 18.8. The van der Waals surface area contributed by atoms with Gasteiger partial charge in [-0.15, -0.1) is 0 Å². The molecule has 0 atom stereocenters. The molecule has 0 spiro atoms. The number of hydrogen-bond acceptors (Lipinski definition) is 3. The number of hydrogen-bond donors (Lipinski definition) is 2. The lowest BCUT2D eigenvalue weighted by atomic mass is 9.94. The van der Waals surface area contributed by atoms with Crippen molar-refractivity contribution in [2.75, 3.05) is 18.4 Å². The van der Waals surface area contributed by atoms with Gasteiger partial charge in [0.1, 0.15) is 5.82 Å². The first kappa shape index (κ1) is 22.9. The Morgan fingerprint density at radius 2 is 1.71 bits per heavy atom. The van der Waals surface area contributed by atoms with Crippen molar-refractivity contribution in [2.24, 2.45) is 5.92 Å². The van der Waals surface area contributed by atoms with Crippen LogP contribution < -0.4 is 10.6 Å². The van der Waals surface area contributed by atoms with E-state index in [0.717, 1.165) is 49.3 Å². The summed E-state index contributed by atoms with van der Waals surface area (Å²) in [5, 5.41) is 5.98. The quantitative estimate of drug-likeness (QED) is 0.741. The van der Waals surface area contributed by atoms with Crippen molar-refractivity contribution in [3.8, 4) is 0 Å². The van der Waals surface area contributed by atoms with Crippen molar-refractivity contribution >= 4 is 17.5 Å². The Kier molecular flexibility index (Phi) is 7.11. The van der Waals surface area contributed by atoms with Crippen LogP contribution in [0.1, 0.15) is 55.1 Å². The van der Waals surface area contributed by atoms with Crippen molar-refractivity contribution in [1.29, 1.82) is 0 Å². The summed E-state index contributed by atoms with van der Waals surface area (Å²) in [5.41, 5.74) is 3.24. The highest BCUT2D eigenvalue weighted by Gasteiger charge is 2.27. The maximum absolute atomic E-state index is 13.1. The zero-order valence-corrected chi connectivity index (χ0v) is 18.8. The van der Waals surface area contributed by atoms with Gasteiger partial charge in [-0.05, 0) is 101 Å². The van der Waals surface area contributed by atoms with Crippen LogP contribution in [0.4, 0.5) is 10.1 Å². The minimum Gasteiger partial charge on any atom is -0.351 e. The van der Waals surface area contributed by atoms with E-state index in [0.29, 0.717) is 5.56 Å². The number of anilines is 1. The fourth-order valence-corrected chi connectivity index (χ4v) is 3.79. The van der Waals surface area contributed by atoms with E-state index in [9.17, 15) is 14.0 Å². The SMILES string of the molecule is Cc1ccc(NC(=O)c2ccc(F)cc2)cc1CN1CCC(C(=O)NC(C)(C)C)CC1. The highest BCUT2D eigenvalue weighted by molar-refractivity contribution is 6.04. The van der Waals surface area contributed by atoms with Crippen molar-refractivity contribution in [2.45, 2.75) is 52.6 Å². The second-order valence-corrected chi connectivity index (χ2v) is 9.39. The zero-order chi connectivity index (χ0) is 22.6. The first-order valence-corrected chi connectivity index (χ1v) is 10.8. The fraction of sp³-hybridized carbons (Fsp3) is 0.440. The summed E-state index contributed by atoms with van der Waals surface area (Å²) >= 11 is 0. The van der Waals surface area contributed by atoms with Gasteiger partial charge in [-0.3, -0.25) is 14.5 Å². The number of rotatable bonds is 5. The van der Waals surface area contributed by atoms with Gasteiger partial charge >= 0.3 is 0 Å². The number of halogens is 1. The number of nitrogens with one attached hydrogen (secondary N) is 2. The van der Waals surface area contributed by atoms with E-state index < -0.39 is 0 Å². The molecule has 6 heteroatoms. The Bertz CT molecular complexity index is 927. The van der Waals surface area contributed by atoms with Gasteiger partial charge in [-0.1, -0.05) is 6.07 Å². The van der Waals surface area contributed by atoms with E-state index in [4.69, 9.17) is 0 Å². The second-order valence-electron chi connectivity index (χ2n) is 9.39. The van der Waals surface area contributed by atoms with E-state index in [1.54, 1.807) is 0 Å². The van der Waals surface area contributed by atoms with Crippen molar-refractivity contribution in [3.63, 3.8) is 0 Å². The number of carbonyl (C=O) groups is 2. The van der Waals surface area contributed by atoms with Gasteiger partial charge in [-0.2, -0.15) is 0 Å². The molecule has 0 aliphatic carbocycles. The Hall–Kier alpha value is -2.73. The molecular formula is C25H32FN3O2. The smallest absolute Gasteiger partial charge is 0.255 e. The molecule has 5 nitrogen and oxygen atoms in total. The van der Waals surface area contributed by atoms with Gasteiger partial charge in [0.05, 0.1) is 0 Å². The van der Waals surface area contributed by atoms with Crippen LogP contribution in [0.5, 0.6) is 0 Å². The monoisotopic (exact) mass is 425 g/mol. The third-order valence-corrected chi connectivity index (χ3v) is 5.56. The summed E-state index contributed by atoms with van der Waals surface area (Å²) in [4.78, 5) is 27.2. The summed E-state index contributed by atoms with van der Waals surface area (Å²) in [6, 6.07) is 11.4. The Morgan fingerprint density at radius 3 is 2.32 bits per heavy atom. The number of likely N-dealkylation sites (tertiary alicyclic amines) is 1. The fourth-order valence-electron chi connectivity index (χ4n) is 3.79. The number of aryl methyl sites for hydroxylation is 1. The maximum atomic E-state index is 13.1. The van der Waals surface area contributed by atoms with Crippen LogP contribution in [0.2, 0.25) is 0 Å². The van der Waals surface area contributed by atoms with Crippen LogP contribution in [0, 0.1) is 18.7 Å². The summed E-state index contributed by atoms with van der Waals surface area (Å²) in [6.45, 7) is 10.6. The predicted octanol–water partition coefficient (Wildman–Crippen LogP) is 4.51. The normalized spacial score (nSPS) is 15.5. The predicted molar refractivity (Wildman–Crippen MR) is 121 cm³/mol. The van der Waals surface area contributed by atoms with Crippen LogP contribution in [-0.4, -0.2) is 35.3 Å². The molecule has 0 aromatic heterocycles. The number of amides is 2. The first-order chi connectivity index (χ1) is 14.6. The van der Waals surface area contributed by atoms with Crippen molar-refractivity contribution < 1.29 is 14.0 Å². The summed E-state index contributed by atoms with van der Waals surface area (Å²) in [5.74, 6) is -0.416. The molecule has 31 heavy (non-hydrogen) atoms. The molecule has 2 N–H and O–H groups in total.